The van der Waals surface area contributed by atoms with Crippen molar-refractivity contribution in [3.8, 4) is 0 Å². The Kier molecular flexibility index (Phi) is 4.57. The van der Waals surface area contributed by atoms with Crippen LogP contribution in [0, 0.1) is 5.92 Å². The molecule has 17 heavy (non-hydrogen) atoms. The van der Waals surface area contributed by atoms with Gasteiger partial charge in [-0.25, -0.2) is 0 Å². The highest BCUT2D eigenvalue weighted by molar-refractivity contribution is 5.16. The molecule has 0 aromatic heterocycles. The average molecular weight is 233 g/mol. The molecule has 2 rings (SSSR count). The largest absolute Gasteiger partial charge is 0.377 e. The van der Waals surface area contributed by atoms with Gasteiger partial charge in [0, 0.05) is 12.6 Å². The molecule has 0 amide bonds. The first-order valence-corrected chi connectivity index (χ1v) is 6.68. The molecule has 0 aliphatic heterocycles. The highest BCUT2D eigenvalue weighted by Gasteiger charge is 2.36. The lowest BCUT2D eigenvalue weighted by molar-refractivity contribution is 0.0211. The number of likely N-dealkylation sites (N-methyl/N-ethyl adjacent to an activating group) is 1. The summed E-state index contributed by atoms with van der Waals surface area (Å²) < 4.78 is 5.93. The van der Waals surface area contributed by atoms with Gasteiger partial charge in [-0.05, 0) is 44.7 Å². The van der Waals surface area contributed by atoms with Crippen molar-refractivity contribution in [2.45, 2.75) is 38.3 Å². The average Bonchev–Trinajstić information content (AvgIpc) is 3.19. The second-order valence-corrected chi connectivity index (χ2v) is 4.84. The predicted molar refractivity (Wildman–Crippen MR) is 71.1 cm³/mol. The van der Waals surface area contributed by atoms with E-state index >= 15 is 0 Å². The van der Waals surface area contributed by atoms with Crippen LogP contribution < -0.4 is 5.32 Å². The van der Waals surface area contributed by atoms with Gasteiger partial charge in [-0.1, -0.05) is 30.3 Å². The van der Waals surface area contributed by atoms with Crippen LogP contribution in [0.2, 0.25) is 0 Å². The van der Waals surface area contributed by atoms with E-state index in [2.05, 4.69) is 42.6 Å². The number of benzene rings is 1. The first-order valence-electron chi connectivity index (χ1n) is 6.68. The topological polar surface area (TPSA) is 21.3 Å². The van der Waals surface area contributed by atoms with Gasteiger partial charge in [-0.2, -0.15) is 0 Å². The first kappa shape index (κ1) is 12.6. The Bertz CT molecular complexity index is 321. The molecule has 2 heteroatoms. The van der Waals surface area contributed by atoms with Gasteiger partial charge in [0.15, 0.2) is 0 Å². The van der Waals surface area contributed by atoms with Crippen molar-refractivity contribution in [1.29, 1.82) is 0 Å². The van der Waals surface area contributed by atoms with Crippen molar-refractivity contribution in [3.05, 3.63) is 35.9 Å². The van der Waals surface area contributed by atoms with Gasteiger partial charge < -0.3 is 10.1 Å². The van der Waals surface area contributed by atoms with E-state index in [0.717, 1.165) is 18.9 Å². The molecule has 0 saturated heterocycles. The molecule has 1 saturated carbocycles. The van der Waals surface area contributed by atoms with Gasteiger partial charge in [-0.15, -0.1) is 0 Å². The van der Waals surface area contributed by atoms with Gasteiger partial charge in [0.25, 0.3) is 0 Å². The lowest BCUT2D eigenvalue weighted by atomic mass is 9.98. The zero-order valence-electron chi connectivity index (χ0n) is 10.9. The molecule has 2 atom stereocenters. The molecule has 0 radical (unpaired) electrons. The minimum atomic E-state index is 0.380. The lowest BCUT2D eigenvalue weighted by Gasteiger charge is -2.27. The van der Waals surface area contributed by atoms with Crippen LogP contribution in [0.1, 0.15) is 25.3 Å². The Labute approximate surface area is 104 Å². The van der Waals surface area contributed by atoms with Crippen molar-refractivity contribution in [3.63, 3.8) is 0 Å². The molecular weight excluding hydrogens is 210 g/mol. The van der Waals surface area contributed by atoms with Crippen molar-refractivity contribution in [2.75, 3.05) is 13.7 Å². The number of rotatable bonds is 7. The third kappa shape index (κ3) is 3.55. The number of nitrogens with one attached hydrogen (secondary N) is 1. The summed E-state index contributed by atoms with van der Waals surface area (Å²) >= 11 is 0. The zero-order valence-corrected chi connectivity index (χ0v) is 10.9. The number of hydrogen-bond acceptors (Lipinski definition) is 2. The van der Waals surface area contributed by atoms with Crippen LogP contribution in [0.15, 0.2) is 30.3 Å². The van der Waals surface area contributed by atoms with Crippen LogP contribution in [-0.4, -0.2) is 25.8 Å². The summed E-state index contributed by atoms with van der Waals surface area (Å²) in [6.07, 6.45) is 4.10. The highest BCUT2D eigenvalue weighted by atomic mass is 16.5. The molecule has 1 aromatic rings. The van der Waals surface area contributed by atoms with Crippen molar-refractivity contribution in [1.82, 2.24) is 5.32 Å². The summed E-state index contributed by atoms with van der Waals surface area (Å²) in [5.74, 6) is 0.774. The molecule has 0 spiro atoms. The minimum Gasteiger partial charge on any atom is -0.377 e. The van der Waals surface area contributed by atoms with E-state index < -0.39 is 0 Å². The van der Waals surface area contributed by atoms with Crippen LogP contribution in [0.3, 0.4) is 0 Å². The normalized spacial score (nSPS) is 18.9. The Hall–Kier alpha value is -0.860. The smallest absolute Gasteiger partial charge is 0.0759 e. The van der Waals surface area contributed by atoms with E-state index in [0.29, 0.717) is 12.1 Å². The Morgan fingerprint density at radius 3 is 2.53 bits per heavy atom. The van der Waals surface area contributed by atoms with Gasteiger partial charge in [0.2, 0.25) is 0 Å². The fourth-order valence-electron chi connectivity index (χ4n) is 2.45. The summed E-state index contributed by atoms with van der Waals surface area (Å²) in [6.45, 7) is 2.90. The Morgan fingerprint density at radius 1 is 1.29 bits per heavy atom. The molecule has 1 N–H and O–H groups in total. The molecule has 1 aliphatic carbocycles. The fourth-order valence-corrected chi connectivity index (χ4v) is 2.45. The maximum absolute atomic E-state index is 5.93. The molecule has 2 nitrogen and oxygen atoms in total. The molecule has 94 valence electrons. The summed E-state index contributed by atoms with van der Waals surface area (Å²) in [6, 6.07) is 11.1. The van der Waals surface area contributed by atoms with Crippen LogP contribution in [0.4, 0.5) is 0 Å². The predicted octanol–water partition coefficient (Wildman–Crippen LogP) is 2.63. The summed E-state index contributed by atoms with van der Waals surface area (Å²) in [5, 5.41) is 3.43. The number of ether oxygens (including phenoxy) is 1. The molecule has 1 aromatic carbocycles. The van der Waals surface area contributed by atoms with Crippen LogP contribution in [0.5, 0.6) is 0 Å². The molecular formula is C15H23NO. The molecule has 1 fully saturated rings. The van der Waals surface area contributed by atoms with E-state index in [-0.39, 0.29) is 0 Å². The van der Waals surface area contributed by atoms with E-state index in [1.54, 1.807) is 0 Å². The lowest BCUT2D eigenvalue weighted by Crippen LogP contribution is -2.42. The SMILES string of the molecule is CCOC(C1CC1)C(Cc1ccccc1)NC. The maximum Gasteiger partial charge on any atom is 0.0759 e. The van der Waals surface area contributed by atoms with Gasteiger partial charge in [0.1, 0.15) is 0 Å². The monoisotopic (exact) mass is 233 g/mol. The van der Waals surface area contributed by atoms with E-state index in [1.165, 1.54) is 18.4 Å². The zero-order chi connectivity index (χ0) is 12.1. The third-order valence-corrected chi connectivity index (χ3v) is 3.51. The van der Waals surface area contributed by atoms with Crippen LogP contribution in [0.25, 0.3) is 0 Å². The number of hydrogen-bond donors (Lipinski definition) is 1. The second kappa shape index (κ2) is 6.18. The maximum atomic E-state index is 5.93. The van der Waals surface area contributed by atoms with E-state index in [1.807, 2.05) is 7.05 Å². The molecule has 0 bridgehead atoms. The minimum absolute atomic E-state index is 0.380. The Morgan fingerprint density at radius 2 is 2.00 bits per heavy atom. The summed E-state index contributed by atoms with van der Waals surface area (Å²) in [7, 11) is 2.04. The van der Waals surface area contributed by atoms with Gasteiger partial charge in [-0.3, -0.25) is 0 Å². The quantitative estimate of drug-likeness (QED) is 0.781. The van der Waals surface area contributed by atoms with E-state index in [9.17, 15) is 0 Å². The summed E-state index contributed by atoms with van der Waals surface area (Å²) in [4.78, 5) is 0. The van der Waals surface area contributed by atoms with Crippen LogP contribution >= 0.6 is 0 Å². The van der Waals surface area contributed by atoms with E-state index in [4.69, 9.17) is 4.74 Å². The molecule has 1 aliphatic rings. The fraction of sp³-hybridized carbons (Fsp3) is 0.600. The van der Waals surface area contributed by atoms with Crippen molar-refractivity contribution in [2.24, 2.45) is 5.92 Å². The van der Waals surface area contributed by atoms with Crippen molar-refractivity contribution >= 4 is 0 Å². The first-order chi connectivity index (χ1) is 8.35. The third-order valence-electron chi connectivity index (χ3n) is 3.51. The molecule has 2 unspecified atom stereocenters. The summed E-state index contributed by atoms with van der Waals surface area (Å²) in [5.41, 5.74) is 1.39. The molecule has 0 heterocycles. The van der Waals surface area contributed by atoms with Gasteiger partial charge >= 0.3 is 0 Å². The van der Waals surface area contributed by atoms with Crippen LogP contribution in [-0.2, 0) is 11.2 Å². The van der Waals surface area contributed by atoms with Gasteiger partial charge in [0.05, 0.1) is 6.10 Å². The Balaban J connectivity index is 1.99. The standard InChI is InChI=1S/C15H23NO/c1-3-17-15(13-9-10-13)14(16-2)11-12-7-5-4-6-8-12/h4-8,13-16H,3,9-11H2,1-2H3. The van der Waals surface area contributed by atoms with Crippen molar-refractivity contribution < 1.29 is 4.74 Å². The highest BCUT2D eigenvalue weighted by Crippen LogP contribution is 2.36. The second-order valence-electron chi connectivity index (χ2n) is 4.84.